The number of aliphatic carboxylic acids is 1. The molecule has 1 aromatic rings. The Kier molecular flexibility index (Phi) is 3.64. The first-order chi connectivity index (χ1) is 7.59. The lowest BCUT2D eigenvalue weighted by Crippen LogP contribution is -2.25. The van der Waals surface area contributed by atoms with Crippen LogP contribution in [0.15, 0.2) is 3.79 Å². The zero-order valence-corrected chi connectivity index (χ0v) is 11.5. The van der Waals surface area contributed by atoms with Crippen molar-refractivity contribution < 1.29 is 9.90 Å². The van der Waals surface area contributed by atoms with Crippen LogP contribution in [0.25, 0.3) is 0 Å². The van der Waals surface area contributed by atoms with Crippen molar-refractivity contribution in [1.29, 1.82) is 0 Å². The molecule has 0 bridgehead atoms. The van der Waals surface area contributed by atoms with E-state index in [9.17, 15) is 9.90 Å². The Morgan fingerprint density at radius 2 is 2.19 bits per heavy atom. The van der Waals surface area contributed by atoms with E-state index in [4.69, 9.17) is 0 Å². The van der Waals surface area contributed by atoms with Gasteiger partial charge in [-0.25, -0.2) is 4.98 Å². The van der Waals surface area contributed by atoms with Crippen LogP contribution in [0.3, 0.4) is 0 Å². The van der Waals surface area contributed by atoms with Gasteiger partial charge in [-0.15, -0.1) is 11.3 Å². The zero-order chi connectivity index (χ0) is 11.7. The first kappa shape index (κ1) is 12.0. The van der Waals surface area contributed by atoms with Gasteiger partial charge in [0.25, 0.3) is 0 Å². The van der Waals surface area contributed by atoms with Gasteiger partial charge in [-0.1, -0.05) is 12.8 Å². The molecular formula is C11H14BrNO2S. The SMILES string of the molecule is Cc1nc([C@H]2CCCC[C@H]2C(=O)O)c(Br)s1. The van der Waals surface area contributed by atoms with Crippen molar-refractivity contribution in [2.75, 3.05) is 0 Å². The number of carboxylic acids is 1. The van der Waals surface area contributed by atoms with Crippen molar-refractivity contribution in [2.45, 2.75) is 38.5 Å². The van der Waals surface area contributed by atoms with E-state index in [1.807, 2.05) is 6.92 Å². The number of hydrogen-bond acceptors (Lipinski definition) is 3. The third-order valence-corrected chi connectivity index (χ3v) is 4.82. The van der Waals surface area contributed by atoms with Crippen LogP contribution >= 0.6 is 27.3 Å². The maximum Gasteiger partial charge on any atom is 0.307 e. The second kappa shape index (κ2) is 4.84. The molecule has 88 valence electrons. The fourth-order valence-electron chi connectivity index (χ4n) is 2.40. The van der Waals surface area contributed by atoms with Gasteiger partial charge in [0.2, 0.25) is 0 Å². The maximum atomic E-state index is 11.2. The normalized spacial score (nSPS) is 25.6. The van der Waals surface area contributed by atoms with Crippen LogP contribution in [-0.4, -0.2) is 16.1 Å². The zero-order valence-electron chi connectivity index (χ0n) is 9.07. The van der Waals surface area contributed by atoms with E-state index in [1.165, 1.54) is 0 Å². The minimum absolute atomic E-state index is 0.0885. The van der Waals surface area contributed by atoms with E-state index < -0.39 is 5.97 Å². The Morgan fingerprint density at radius 3 is 2.75 bits per heavy atom. The molecule has 0 aliphatic heterocycles. The molecule has 16 heavy (non-hydrogen) atoms. The molecule has 0 amide bonds. The van der Waals surface area contributed by atoms with Crippen molar-refractivity contribution in [3.05, 3.63) is 14.5 Å². The predicted molar refractivity (Wildman–Crippen MR) is 66.9 cm³/mol. The number of rotatable bonds is 2. The summed E-state index contributed by atoms with van der Waals surface area (Å²) in [6.07, 6.45) is 3.85. The third-order valence-electron chi connectivity index (χ3n) is 3.15. The van der Waals surface area contributed by atoms with Gasteiger partial charge in [0.1, 0.15) is 0 Å². The van der Waals surface area contributed by atoms with E-state index in [1.54, 1.807) is 11.3 Å². The molecule has 0 saturated heterocycles. The molecule has 3 nitrogen and oxygen atoms in total. The van der Waals surface area contributed by atoms with Gasteiger partial charge >= 0.3 is 5.97 Å². The Bertz CT molecular complexity index is 405. The van der Waals surface area contributed by atoms with E-state index in [-0.39, 0.29) is 11.8 Å². The highest BCUT2D eigenvalue weighted by Crippen LogP contribution is 2.41. The summed E-state index contributed by atoms with van der Waals surface area (Å²) < 4.78 is 1.00. The average molecular weight is 304 g/mol. The smallest absolute Gasteiger partial charge is 0.307 e. The van der Waals surface area contributed by atoms with Crippen molar-refractivity contribution in [2.24, 2.45) is 5.92 Å². The molecular weight excluding hydrogens is 290 g/mol. The van der Waals surface area contributed by atoms with E-state index in [0.717, 1.165) is 40.2 Å². The Labute approximate surface area is 107 Å². The molecule has 0 spiro atoms. The molecule has 2 rings (SSSR count). The summed E-state index contributed by atoms with van der Waals surface area (Å²) in [6.45, 7) is 1.96. The van der Waals surface area contributed by atoms with E-state index in [2.05, 4.69) is 20.9 Å². The largest absolute Gasteiger partial charge is 0.481 e. The van der Waals surface area contributed by atoms with Crippen LogP contribution in [0.4, 0.5) is 0 Å². The standard InChI is InChI=1S/C11H14BrNO2S/c1-6-13-9(10(12)16-6)7-4-2-3-5-8(7)11(14)15/h7-8H,2-5H2,1H3,(H,14,15)/t7-,8+/m0/s1. The van der Waals surface area contributed by atoms with Crippen LogP contribution in [-0.2, 0) is 4.79 Å². The predicted octanol–water partition coefficient (Wildman–Crippen LogP) is 3.57. The summed E-state index contributed by atoms with van der Waals surface area (Å²) in [4.78, 5) is 15.7. The Balaban J connectivity index is 2.29. The number of thiazole rings is 1. The highest BCUT2D eigenvalue weighted by molar-refractivity contribution is 9.11. The molecule has 1 aliphatic carbocycles. The number of carbonyl (C=O) groups is 1. The molecule has 1 saturated carbocycles. The molecule has 0 radical (unpaired) electrons. The summed E-state index contributed by atoms with van der Waals surface area (Å²) in [5.74, 6) is -0.848. The molecule has 1 fully saturated rings. The van der Waals surface area contributed by atoms with Crippen molar-refractivity contribution in [3.8, 4) is 0 Å². The molecule has 1 heterocycles. The Hall–Kier alpha value is -0.420. The lowest BCUT2D eigenvalue weighted by atomic mass is 9.78. The summed E-state index contributed by atoms with van der Waals surface area (Å²) >= 11 is 5.08. The summed E-state index contributed by atoms with van der Waals surface area (Å²) in [7, 11) is 0. The topological polar surface area (TPSA) is 50.2 Å². The second-order valence-corrected chi connectivity index (χ2v) is 6.75. The molecule has 5 heteroatoms. The fourth-order valence-corrected chi connectivity index (χ4v) is 4.19. The molecule has 1 N–H and O–H groups in total. The highest BCUT2D eigenvalue weighted by Gasteiger charge is 2.34. The number of aryl methyl sites for hydroxylation is 1. The van der Waals surface area contributed by atoms with E-state index >= 15 is 0 Å². The number of hydrogen-bond donors (Lipinski definition) is 1. The van der Waals surface area contributed by atoms with Crippen LogP contribution < -0.4 is 0 Å². The minimum atomic E-state index is -0.678. The minimum Gasteiger partial charge on any atom is -0.481 e. The van der Waals surface area contributed by atoms with Gasteiger partial charge in [0.15, 0.2) is 0 Å². The Morgan fingerprint density at radius 1 is 1.50 bits per heavy atom. The second-order valence-electron chi connectivity index (χ2n) is 4.23. The van der Waals surface area contributed by atoms with Crippen molar-refractivity contribution in [3.63, 3.8) is 0 Å². The summed E-state index contributed by atoms with van der Waals surface area (Å²) in [5, 5.41) is 10.2. The van der Waals surface area contributed by atoms with Gasteiger partial charge in [0, 0.05) is 5.92 Å². The average Bonchev–Trinajstić information content (AvgIpc) is 2.57. The van der Waals surface area contributed by atoms with Crippen LogP contribution in [0, 0.1) is 12.8 Å². The molecule has 2 atom stereocenters. The monoisotopic (exact) mass is 303 g/mol. The van der Waals surface area contributed by atoms with Crippen LogP contribution in [0.1, 0.15) is 42.3 Å². The number of nitrogens with zero attached hydrogens (tertiary/aromatic N) is 1. The quantitative estimate of drug-likeness (QED) is 0.908. The highest BCUT2D eigenvalue weighted by atomic mass is 79.9. The number of aromatic nitrogens is 1. The van der Waals surface area contributed by atoms with E-state index in [0.29, 0.717) is 0 Å². The van der Waals surface area contributed by atoms with Gasteiger partial charge in [-0.05, 0) is 35.7 Å². The first-order valence-electron chi connectivity index (χ1n) is 5.45. The maximum absolute atomic E-state index is 11.2. The summed E-state index contributed by atoms with van der Waals surface area (Å²) in [5.41, 5.74) is 0.953. The molecule has 1 aliphatic rings. The first-order valence-corrected chi connectivity index (χ1v) is 7.06. The number of carboxylic acid groups (broad SMARTS) is 1. The van der Waals surface area contributed by atoms with Gasteiger partial charge in [-0.2, -0.15) is 0 Å². The van der Waals surface area contributed by atoms with Crippen LogP contribution in [0.2, 0.25) is 0 Å². The van der Waals surface area contributed by atoms with Gasteiger partial charge < -0.3 is 5.11 Å². The molecule has 1 aromatic heterocycles. The van der Waals surface area contributed by atoms with Gasteiger partial charge in [-0.3, -0.25) is 4.79 Å². The molecule has 0 unspecified atom stereocenters. The number of halogens is 1. The summed E-state index contributed by atoms with van der Waals surface area (Å²) in [6, 6.07) is 0. The van der Waals surface area contributed by atoms with Gasteiger partial charge in [0.05, 0.1) is 20.4 Å². The van der Waals surface area contributed by atoms with Crippen LogP contribution in [0.5, 0.6) is 0 Å². The molecule has 0 aromatic carbocycles. The fraction of sp³-hybridized carbons (Fsp3) is 0.636. The van der Waals surface area contributed by atoms with Crippen molar-refractivity contribution in [1.82, 2.24) is 4.98 Å². The third kappa shape index (κ3) is 2.30. The lowest BCUT2D eigenvalue weighted by molar-refractivity contribution is -0.143. The lowest BCUT2D eigenvalue weighted by Gasteiger charge is -2.27. The van der Waals surface area contributed by atoms with Crippen molar-refractivity contribution >= 4 is 33.2 Å².